The van der Waals surface area contributed by atoms with Gasteiger partial charge in [0.05, 0.1) is 17.5 Å². The van der Waals surface area contributed by atoms with Crippen molar-refractivity contribution in [3.05, 3.63) is 32.4 Å². The van der Waals surface area contributed by atoms with Crippen LogP contribution >= 0.6 is 45.8 Å². The molecule has 0 aromatic heterocycles. The van der Waals surface area contributed by atoms with E-state index < -0.39 is 0 Å². The fourth-order valence-electron chi connectivity index (χ4n) is 1.37. The Morgan fingerprint density at radius 1 is 1.56 bits per heavy atom. The Morgan fingerprint density at radius 3 is 2.94 bits per heavy atom. The molecule has 1 N–H and O–H groups in total. The second kappa shape index (κ2) is 8.19. The van der Waals surface area contributed by atoms with Gasteiger partial charge in [-0.2, -0.15) is 0 Å². The minimum Gasteiger partial charge on any atom is -0.383 e. The standard InChI is InChI=1S/C12H14Cl2INO2/c1-18-7-9(14)4-5-16-12(17)10-6-8(13)2-3-11(10)15/h2-3,6,9H,4-5,7H2,1H3,(H,16,17). The van der Waals surface area contributed by atoms with Crippen molar-refractivity contribution in [3.63, 3.8) is 0 Å². The molecule has 1 amide bonds. The van der Waals surface area contributed by atoms with Gasteiger partial charge in [0.1, 0.15) is 0 Å². The van der Waals surface area contributed by atoms with E-state index in [0.717, 1.165) is 3.57 Å². The first kappa shape index (κ1) is 16.0. The molecule has 0 spiro atoms. The lowest BCUT2D eigenvalue weighted by molar-refractivity contribution is 0.0951. The molecule has 0 bridgehead atoms. The molecule has 1 aromatic carbocycles. The van der Waals surface area contributed by atoms with Gasteiger partial charge in [0.25, 0.3) is 5.91 Å². The Hall–Kier alpha value is -0.0400. The molecule has 0 aliphatic rings. The summed E-state index contributed by atoms with van der Waals surface area (Å²) in [6.07, 6.45) is 0.665. The zero-order valence-electron chi connectivity index (χ0n) is 9.88. The molecule has 1 atom stereocenters. The number of benzene rings is 1. The van der Waals surface area contributed by atoms with Gasteiger partial charge in [-0.15, -0.1) is 11.6 Å². The molecule has 6 heteroatoms. The first-order valence-electron chi connectivity index (χ1n) is 5.41. The highest BCUT2D eigenvalue weighted by molar-refractivity contribution is 14.1. The molecule has 0 aliphatic heterocycles. The summed E-state index contributed by atoms with van der Waals surface area (Å²) in [5, 5.41) is 3.28. The number of methoxy groups -OCH3 is 1. The molecule has 0 radical (unpaired) electrons. The van der Waals surface area contributed by atoms with E-state index in [-0.39, 0.29) is 11.3 Å². The molecule has 1 unspecified atom stereocenters. The maximum Gasteiger partial charge on any atom is 0.252 e. The van der Waals surface area contributed by atoms with E-state index in [1.807, 2.05) is 6.07 Å². The zero-order chi connectivity index (χ0) is 13.5. The van der Waals surface area contributed by atoms with E-state index in [1.54, 1.807) is 19.2 Å². The fourth-order valence-corrected chi connectivity index (χ4v) is 2.36. The first-order chi connectivity index (χ1) is 8.54. The number of ether oxygens (including phenoxy) is 1. The van der Waals surface area contributed by atoms with E-state index in [0.29, 0.717) is 30.2 Å². The van der Waals surface area contributed by atoms with Crippen LogP contribution in [0.25, 0.3) is 0 Å². The van der Waals surface area contributed by atoms with Crippen LogP contribution in [0.1, 0.15) is 16.8 Å². The highest BCUT2D eigenvalue weighted by Crippen LogP contribution is 2.17. The average Bonchev–Trinajstić information content (AvgIpc) is 2.32. The maximum absolute atomic E-state index is 11.9. The topological polar surface area (TPSA) is 38.3 Å². The first-order valence-corrected chi connectivity index (χ1v) is 7.30. The number of hydrogen-bond donors (Lipinski definition) is 1. The fraction of sp³-hybridized carbons (Fsp3) is 0.417. The van der Waals surface area contributed by atoms with E-state index >= 15 is 0 Å². The predicted molar refractivity (Wildman–Crippen MR) is 82.6 cm³/mol. The zero-order valence-corrected chi connectivity index (χ0v) is 13.6. The van der Waals surface area contributed by atoms with Crippen molar-refractivity contribution in [1.29, 1.82) is 0 Å². The van der Waals surface area contributed by atoms with Gasteiger partial charge in [-0.1, -0.05) is 11.6 Å². The summed E-state index contributed by atoms with van der Waals surface area (Å²) < 4.78 is 5.79. The van der Waals surface area contributed by atoms with Crippen LogP contribution in [-0.2, 0) is 4.74 Å². The summed E-state index contributed by atoms with van der Waals surface area (Å²) in [6.45, 7) is 0.991. The second-order valence-corrected chi connectivity index (χ2v) is 5.94. The van der Waals surface area contributed by atoms with Crippen molar-refractivity contribution in [3.8, 4) is 0 Å². The quantitative estimate of drug-likeness (QED) is 0.586. The Labute approximate surface area is 130 Å². The van der Waals surface area contributed by atoms with E-state index in [2.05, 4.69) is 27.9 Å². The molecule has 3 nitrogen and oxygen atoms in total. The number of alkyl halides is 1. The van der Waals surface area contributed by atoms with Crippen molar-refractivity contribution in [2.24, 2.45) is 0 Å². The van der Waals surface area contributed by atoms with Gasteiger partial charge in [0.2, 0.25) is 0 Å². The van der Waals surface area contributed by atoms with Crippen LogP contribution in [-0.4, -0.2) is 31.5 Å². The monoisotopic (exact) mass is 401 g/mol. The van der Waals surface area contributed by atoms with Gasteiger partial charge in [0, 0.05) is 22.2 Å². The molecule has 100 valence electrons. The molecular weight excluding hydrogens is 388 g/mol. The van der Waals surface area contributed by atoms with Crippen LogP contribution in [0.15, 0.2) is 18.2 Å². The predicted octanol–water partition coefficient (Wildman–Crippen LogP) is 3.32. The molecule has 1 aromatic rings. The molecule has 0 saturated carbocycles. The van der Waals surface area contributed by atoms with Gasteiger partial charge < -0.3 is 10.1 Å². The van der Waals surface area contributed by atoms with Gasteiger partial charge in [-0.05, 0) is 47.2 Å². The van der Waals surface area contributed by atoms with Crippen LogP contribution in [0.5, 0.6) is 0 Å². The number of amides is 1. The average molecular weight is 402 g/mol. The number of carbonyl (C=O) groups excluding carboxylic acids is 1. The summed E-state index contributed by atoms with van der Waals surface area (Å²) in [7, 11) is 1.60. The molecule has 18 heavy (non-hydrogen) atoms. The molecule has 0 aliphatic carbocycles. The summed E-state index contributed by atoms with van der Waals surface area (Å²) in [6, 6.07) is 5.23. The van der Waals surface area contributed by atoms with E-state index in [4.69, 9.17) is 27.9 Å². The van der Waals surface area contributed by atoms with Gasteiger partial charge in [-0.25, -0.2) is 0 Å². The molecule has 0 heterocycles. The van der Waals surface area contributed by atoms with Crippen LogP contribution in [0.4, 0.5) is 0 Å². The SMILES string of the molecule is COCC(Cl)CCNC(=O)c1cc(Cl)ccc1I. The minimum absolute atomic E-state index is 0.0891. The van der Waals surface area contributed by atoms with E-state index in [9.17, 15) is 4.79 Å². The van der Waals surface area contributed by atoms with Crippen LogP contribution in [0.2, 0.25) is 5.02 Å². The van der Waals surface area contributed by atoms with Crippen LogP contribution in [0, 0.1) is 3.57 Å². The van der Waals surface area contributed by atoms with Gasteiger partial charge >= 0.3 is 0 Å². The lowest BCUT2D eigenvalue weighted by atomic mass is 10.2. The highest BCUT2D eigenvalue weighted by Gasteiger charge is 2.11. The third-order valence-corrected chi connectivity index (χ3v) is 3.78. The third-order valence-electron chi connectivity index (χ3n) is 2.26. The van der Waals surface area contributed by atoms with Crippen LogP contribution in [0.3, 0.4) is 0 Å². The lowest BCUT2D eigenvalue weighted by Crippen LogP contribution is -2.27. The normalized spacial score (nSPS) is 12.2. The largest absolute Gasteiger partial charge is 0.383 e. The minimum atomic E-state index is -0.136. The third kappa shape index (κ3) is 5.30. The lowest BCUT2D eigenvalue weighted by Gasteiger charge is -2.10. The molecular formula is C12H14Cl2INO2. The van der Waals surface area contributed by atoms with Crippen molar-refractivity contribution < 1.29 is 9.53 Å². The second-order valence-electron chi connectivity index (χ2n) is 3.72. The number of halogens is 3. The number of nitrogens with one attached hydrogen (secondary N) is 1. The van der Waals surface area contributed by atoms with Crippen molar-refractivity contribution >= 4 is 51.7 Å². The number of carbonyl (C=O) groups is 1. The van der Waals surface area contributed by atoms with Crippen LogP contribution < -0.4 is 5.32 Å². The maximum atomic E-state index is 11.9. The van der Waals surface area contributed by atoms with Gasteiger partial charge in [-0.3, -0.25) is 4.79 Å². The number of rotatable bonds is 6. The molecule has 0 saturated heterocycles. The number of hydrogen-bond acceptors (Lipinski definition) is 2. The summed E-state index contributed by atoms with van der Waals surface area (Å²) in [4.78, 5) is 11.9. The highest BCUT2D eigenvalue weighted by atomic mass is 127. The smallest absolute Gasteiger partial charge is 0.252 e. The van der Waals surface area contributed by atoms with Crippen molar-refractivity contribution in [2.75, 3.05) is 20.3 Å². The van der Waals surface area contributed by atoms with Gasteiger partial charge in [0.15, 0.2) is 0 Å². The van der Waals surface area contributed by atoms with Crippen molar-refractivity contribution in [1.82, 2.24) is 5.32 Å². The summed E-state index contributed by atoms with van der Waals surface area (Å²) in [5.41, 5.74) is 0.584. The summed E-state index contributed by atoms with van der Waals surface area (Å²) >= 11 is 13.9. The molecule has 1 rings (SSSR count). The Morgan fingerprint density at radius 2 is 2.28 bits per heavy atom. The van der Waals surface area contributed by atoms with E-state index in [1.165, 1.54) is 0 Å². The Kier molecular flexibility index (Phi) is 7.29. The Balaban J connectivity index is 2.48. The van der Waals surface area contributed by atoms with Crippen molar-refractivity contribution in [2.45, 2.75) is 11.8 Å². The molecule has 0 fully saturated rings. The Bertz CT molecular complexity index is 415. The summed E-state index contributed by atoms with van der Waals surface area (Å²) in [5.74, 6) is -0.136.